The molecule has 0 aliphatic heterocycles. The maximum absolute atomic E-state index is 6.25. The predicted molar refractivity (Wildman–Crippen MR) is 61.7 cm³/mol. The van der Waals surface area contributed by atoms with Crippen LogP contribution in [0, 0.1) is 0 Å². The molecule has 0 spiro atoms. The summed E-state index contributed by atoms with van der Waals surface area (Å²) in [5, 5.41) is 4.50. The Bertz CT molecular complexity index is 344. The number of hydrogen-bond donors (Lipinski definition) is 1. The van der Waals surface area contributed by atoms with Gasteiger partial charge in [-0.2, -0.15) is 5.10 Å². The van der Waals surface area contributed by atoms with E-state index in [9.17, 15) is 0 Å². The molecule has 2 N–H and O–H groups in total. The van der Waals surface area contributed by atoms with Gasteiger partial charge in [-0.05, 0) is 40.0 Å². The second-order valence-electron chi connectivity index (χ2n) is 5.60. The molecule has 3 nitrogen and oxygen atoms in total. The Kier molecular flexibility index (Phi) is 2.19. The van der Waals surface area contributed by atoms with Crippen molar-refractivity contribution in [2.75, 3.05) is 0 Å². The van der Waals surface area contributed by atoms with E-state index < -0.39 is 0 Å². The van der Waals surface area contributed by atoms with Crippen LogP contribution in [0.4, 0.5) is 0 Å². The molecule has 1 aromatic heterocycles. The van der Waals surface area contributed by atoms with Crippen molar-refractivity contribution in [1.82, 2.24) is 9.78 Å². The summed E-state index contributed by atoms with van der Waals surface area (Å²) >= 11 is 0. The normalized spacial score (nSPS) is 19.3. The molecule has 84 valence electrons. The van der Waals surface area contributed by atoms with Gasteiger partial charge < -0.3 is 5.73 Å². The first-order valence-electron chi connectivity index (χ1n) is 5.75. The highest BCUT2D eigenvalue weighted by atomic mass is 15.3. The zero-order valence-electron chi connectivity index (χ0n) is 10.2. The van der Waals surface area contributed by atoms with Gasteiger partial charge in [0.25, 0.3) is 0 Å². The Morgan fingerprint density at radius 2 is 2.07 bits per heavy atom. The highest BCUT2D eigenvalue weighted by Crippen LogP contribution is 2.44. The van der Waals surface area contributed by atoms with Crippen molar-refractivity contribution in [1.29, 1.82) is 0 Å². The summed E-state index contributed by atoms with van der Waals surface area (Å²) in [5.41, 5.74) is 8.81. The maximum atomic E-state index is 6.25. The summed E-state index contributed by atoms with van der Waals surface area (Å²) in [6.45, 7) is 8.71. The first kappa shape index (κ1) is 10.7. The van der Waals surface area contributed by atoms with Crippen LogP contribution < -0.4 is 5.73 Å². The van der Waals surface area contributed by atoms with Gasteiger partial charge in [0.2, 0.25) is 0 Å². The zero-order chi connectivity index (χ0) is 11.3. The number of rotatable bonds is 2. The van der Waals surface area contributed by atoms with E-state index in [1.54, 1.807) is 0 Å². The van der Waals surface area contributed by atoms with Crippen LogP contribution in [-0.4, -0.2) is 9.78 Å². The van der Waals surface area contributed by atoms with E-state index in [1.807, 2.05) is 6.20 Å². The SMILES string of the molecule is CCc1c(C2(N)CC2)cnn1C(C)(C)C. The lowest BCUT2D eigenvalue weighted by atomic mass is 10.0. The van der Waals surface area contributed by atoms with Crippen molar-refractivity contribution in [2.24, 2.45) is 5.73 Å². The van der Waals surface area contributed by atoms with Crippen LogP contribution >= 0.6 is 0 Å². The zero-order valence-corrected chi connectivity index (χ0v) is 10.2. The van der Waals surface area contributed by atoms with Crippen LogP contribution in [-0.2, 0) is 17.5 Å². The summed E-state index contributed by atoms with van der Waals surface area (Å²) in [7, 11) is 0. The minimum atomic E-state index is -0.0607. The fraction of sp³-hybridized carbons (Fsp3) is 0.750. The average molecular weight is 207 g/mol. The van der Waals surface area contributed by atoms with Crippen molar-refractivity contribution < 1.29 is 0 Å². The first-order valence-corrected chi connectivity index (χ1v) is 5.75. The van der Waals surface area contributed by atoms with Gasteiger partial charge in [0, 0.05) is 16.8 Å². The second-order valence-corrected chi connectivity index (χ2v) is 5.60. The molecule has 0 amide bonds. The van der Waals surface area contributed by atoms with Gasteiger partial charge in [0.1, 0.15) is 0 Å². The van der Waals surface area contributed by atoms with E-state index >= 15 is 0 Å². The lowest BCUT2D eigenvalue weighted by Gasteiger charge is -2.23. The molecule has 1 aliphatic carbocycles. The smallest absolute Gasteiger partial charge is 0.0546 e. The van der Waals surface area contributed by atoms with Crippen LogP contribution in [0.2, 0.25) is 0 Å². The third kappa shape index (κ3) is 1.69. The Balaban J connectivity index is 2.47. The lowest BCUT2D eigenvalue weighted by molar-refractivity contribution is 0.343. The monoisotopic (exact) mass is 207 g/mol. The summed E-state index contributed by atoms with van der Waals surface area (Å²) in [4.78, 5) is 0. The van der Waals surface area contributed by atoms with Crippen molar-refractivity contribution in [2.45, 2.75) is 58.0 Å². The number of hydrogen-bond acceptors (Lipinski definition) is 2. The fourth-order valence-electron chi connectivity index (χ4n) is 2.11. The minimum absolute atomic E-state index is 0.0504. The van der Waals surface area contributed by atoms with Crippen LogP contribution in [0.1, 0.15) is 51.8 Å². The molecule has 2 rings (SSSR count). The molecule has 1 aliphatic rings. The molecule has 1 fully saturated rings. The number of aromatic nitrogens is 2. The molecule has 15 heavy (non-hydrogen) atoms. The molecule has 0 atom stereocenters. The molecule has 1 saturated carbocycles. The lowest BCUT2D eigenvalue weighted by Crippen LogP contribution is -2.27. The predicted octanol–water partition coefficient (Wildman–Crippen LogP) is 2.15. The van der Waals surface area contributed by atoms with Gasteiger partial charge >= 0.3 is 0 Å². The standard InChI is InChI=1S/C12H21N3/c1-5-10-9(12(13)6-7-12)8-14-15(10)11(2,3)4/h8H,5-7,13H2,1-4H3. The van der Waals surface area contributed by atoms with E-state index in [2.05, 4.69) is 37.5 Å². The molecule has 0 saturated heterocycles. The number of nitrogens with zero attached hydrogens (tertiary/aromatic N) is 2. The quantitative estimate of drug-likeness (QED) is 0.807. The van der Waals surface area contributed by atoms with Gasteiger partial charge in [-0.1, -0.05) is 6.92 Å². The maximum Gasteiger partial charge on any atom is 0.0546 e. The van der Waals surface area contributed by atoms with Crippen LogP contribution in [0.25, 0.3) is 0 Å². The molecule has 0 unspecified atom stereocenters. The number of nitrogens with two attached hydrogens (primary N) is 1. The summed E-state index contributed by atoms with van der Waals surface area (Å²) in [5.74, 6) is 0. The van der Waals surface area contributed by atoms with Gasteiger partial charge in [0.15, 0.2) is 0 Å². The van der Waals surface area contributed by atoms with Crippen LogP contribution in [0.3, 0.4) is 0 Å². The topological polar surface area (TPSA) is 43.8 Å². The molecule has 0 bridgehead atoms. The van der Waals surface area contributed by atoms with Gasteiger partial charge in [0.05, 0.1) is 11.7 Å². The van der Waals surface area contributed by atoms with Crippen LogP contribution in [0.5, 0.6) is 0 Å². The van der Waals surface area contributed by atoms with E-state index in [0.29, 0.717) is 0 Å². The van der Waals surface area contributed by atoms with Gasteiger partial charge in [-0.3, -0.25) is 4.68 Å². The van der Waals surface area contributed by atoms with Crippen molar-refractivity contribution >= 4 is 0 Å². The second kappa shape index (κ2) is 3.08. The largest absolute Gasteiger partial charge is 0.321 e. The molecule has 3 heteroatoms. The van der Waals surface area contributed by atoms with Gasteiger partial charge in [-0.25, -0.2) is 0 Å². The summed E-state index contributed by atoms with van der Waals surface area (Å²) in [6, 6.07) is 0. The highest BCUT2D eigenvalue weighted by molar-refractivity contribution is 5.32. The summed E-state index contributed by atoms with van der Waals surface area (Å²) in [6.07, 6.45) is 5.19. The molecule has 1 heterocycles. The van der Waals surface area contributed by atoms with Gasteiger partial charge in [-0.15, -0.1) is 0 Å². The van der Waals surface area contributed by atoms with Crippen molar-refractivity contribution in [3.8, 4) is 0 Å². The van der Waals surface area contributed by atoms with E-state index in [1.165, 1.54) is 11.3 Å². The molecular weight excluding hydrogens is 186 g/mol. The Hall–Kier alpha value is -0.830. The van der Waals surface area contributed by atoms with Crippen molar-refractivity contribution in [3.05, 3.63) is 17.5 Å². The van der Waals surface area contributed by atoms with Crippen LogP contribution in [0.15, 0.2) is 6.20 Å². The van der Waals surface area contributed by atoms with E-state index in [4.69, 9.17) is 5.73 Å². The average Bonchev–Trinajstić information content (AvgIpc) is 2.72. The highest BCUT2D eigenvalue weighted by Gasteiger charge is 2.43. The molecule has 0 aromatic carbocycles. The third-order valence-corrected chi connectivity index (χ3v) is 3.16. The molecule has 1 aromatic rings. The minimum Gasteiger partial charge on any atom is -0.321 e. The van der Waals surface area contributed by atoms with E-state index in [0.717, 1.165) is 19.3 Å². The fourth-order valence-corrected chi connectivity index (χ4v) is 2.11. The third-order valence-electron chi connectivity index (χ3n) is 3.16. The van der Waals surface area contributed by atoms with E-state index in [-0.39, 0.29) is 11.1 Å². The van der Waals surface area contributed by atoms with Crippen molar-refractivity contribution in [3.63, 3.8) is 0 Å². The first-order chi connectivity index (χ1) is 6.88. The summed E-state index contributed by atoms with van der Waals surface area (Å²) < 4.78 is 2.12. The molecule has 0 radical (unpaired) electrons. The Morgan fingerprint density at radius 1 is 1.47 bits per heavy atom. The molecular formula is C12H21N3. The Morgan fingerprint density at radius 3 is 2.47 bits per heavy atom. The Labute approximate surface area is 91.7 Å².